The zero-order chi connectivity index (χ0) is 61.2. The topological polar surface area (TPSA) is 394 Å². The van der Waals surface area contributed by atoms with Crippen molar-refractivity contribution in [2.45, 2.75) is 201 Å². The van der Waals surface area contributed by atoms with E-state index < -0.39 is 184 Å². The number of nitrogens with zero attached hydrogens (tertiary/aromatic N) is 2. The molecule has 1 amide bonds. The van der Waals surface area contributed by atoms with Gasteiger partial charge in [0.15, 0.2) is 12.1 Å². The minimum atomic E-state index is -2.47. The van der Waals surface area contributed by atoms with Crippen LogP contribution in [-0.4, -0.2) is 261 Å². The summed E-state index contributed by atoms with van der Waals surface area (Å²) in [6.07, 6.45) is -3.03. The minimum Gasteiger partial charge on any atom is -0.462 e. The van der Waals surface area contributed by atoms with Crippen LogP contribution < -0.4 is 10.7 Å². The number of likely N-dealkylation sites (N-methyl/N-ethyl adjacent to an activating group) is 1. The van der Waals surface area contributed by atoms with E-state index in [1.54, 1.807) is 91.8 Å². The first-order valence-corrected chi connectivity index (χ1v) is 28.8. The fraction of sp³-hybridized carbons (Fsp3) is 0.724. The van der Waals surface area contributed by atoms with Gasteiger partial charge in [-0.3, -0.25) is 15.0 Å². The lowest BCUT2D eigenvalue weighted by Crippen LogP contribution is -2.69. The molecule has 4 fully saturated rings. The van der Waals surface area contributed by atoms with Gasteiger partial charge in [0, 0.05) is 63.7 Å². The molecule has 5 heterocycles. The largest absolute Gasteiger partial charge is 0.462 e. The Balaban J connectivity index is 1.43. The van der Waals surface area contributed by atoms with Gasteiger partial charge in [0.2, 0.25) is 11.7 Å². The van der Waals surface area contributed by atoms with E-state index >= 15 is 0 Å². The Morgan fingerprint density at radius 1 is 0.651 bits per heavy atom. The number of hydrazine groups is 1. The first-order valence-electron chi connectivity index (χ1n) is 28.8. The predicted octanol–water partition coefficient (Wildman–Crippen LogP) is -2.66. The van der Waals surface area contributed by atoms with Crippen LogP contribution in [0.4, 0.5) is 0 Å². The zero-order valence-corrected chi connectivity index (χ0v) is 48.1. The normalized spacial score (nSPS) is 42.7. The van der Waals surface area contributed by atoms with Gasteiger partial charge in [0.1, 0.15) is 30.5 Å². The number of cyclic esters (lactones) is 1. The van der Waals surface area contributed by atoms with Crippen LogP contribution in [0.25, 0.3) is 0 Å². The number of carbonyl (C=O) groups is 2. The Kier molecular flexibility index (Phi) is 28.2. The van der Waals surface area contributed by atoms with Gasteiger partial charge in [0.25, 0.3) is 0 Å². The maximum absolute atomic E-state index is 14.3. The molecule has 4 unspecified atom stereocenters. The molecule has 83 heavy (non-hydrogen) atoms. The molecule has 2 bridgehead atoms. The second-order valence-electron chi connectivity index (χ2n) is 23.0. The monoisotopic (exact) mass is 1180 g/mol. The third-order valence-electron chi connectivity index (χ3n) is 16.0. The molecular weight excluding hydrogens is 1090 g/mol. The SMILES string of the molecule is CC1[C@H](C)OC(=O)C[C@H](O)C[C@H](O)CC[C@@H](O)[C@H](O)C[C@H](O)C[C@]2(O)C[C@H](O)C(C(=O)NN3CCN(C)CC3)C(C[C@@H](OC3O[C@H](C)[C@@H](O)[C@H](NC[C@@]4(O)OC[C@@H](O)[C@H](O)[C@@H]4O)[C@@H]3O)C=CC=CC=CC=CC=CC=CC=C[C@H](C)[C@H]1O)O2. The highest BCUT2D eigenvalue weighted by molar-refractivity contribution is 5.79. The highest BCUT2D eigenvalue weighted by atomic mass is 16.7. The van der Waals surface area contributed by atoms with E-state index in [1.165, 1.54) is 13.0 Å². The van der Waals surface area contributed by atoms with Crippen molar-refractivity contribution in [1.29, 1.82) is 0 Å². The molecule has 5 rings (SSSR count). The Labute approximate surface area is 485 Å². The average molecular weight is 1180 g/mol. The fourth-order valence-corrected chi connectivity index (χ4v) is 10.7. The first-order chi connectivity index (χ1) is 39.2. The minimum absolute atomic E-state index is 0.129. The van der Waals surface area contributed by atoms with E-state index in [1.807, 2.05) is 20.0 Å². The second-order valence-corrected chi connectivity index (χ2v) is 23.0. The summed E-state index contributed by atoms with van der Waals surface area (Å²) in [6.45, 7) is 7.62. The predicted molar refractivity (Wildman–Crippen MR) is 299 cm³/mol. The Morgan fingerprint density at radius 3 is 1.88 bits per heavy atom. The third-order valence-corrected chi connectivity index (χ3v) is 16.0. The van der Waals surface area contributed by atoms with Crippen LogP contribution in [0.15, 0.2) is 85.1 Å². The molecule has 0 aliphatic carbocycles. The van der Waals surface area contributed by atoms with E-state index in [2.05, 4.69) is 15.6 Å². The van der Waals surface area contributed by atoms with Crippen LogP contribution in [0, 0.1) is 17.8 Å². The standard InChI is InChI=1S/C58H94N4O21/c1-34-18-16-14-12-10-8-6-7-9-11-13-15-17-19-41(82-56-53(74)49(51(72)37(4)81-56)59-33-58(78)54(75)52(73)45(69)32-79-58)29-46-48(55(76)60-62-24-22-61(5)23-25-62)44(68)31-57(77,83-46)30-40(65)27-43(67)42(66)21-20-38(63)26-39(64)28-47(70)80-36(3)35(2)50(34)71/h6-19,34-46,48-54,56,59,63-69,71-75,77-78H,20-33H2,1-5H3,(H,60,76)/t34-,35?,36-,37+,38+,39+,40-,41-,42+,43+,44-,45+,46?,48?,49-,50+,51+,52-,53-,54-,56?,57+,58+/m0/s1. The van der Waals surface area contributed by atoms with Crippen LogP contribution in [0.2, 0.25) is 0 Å². The van der Waals surface area contributed by atoms with Crippen molar-refractivity contribution in [1.82, 2.24) is 20.7 Å². The lowest BCUT2D eigenvalue weighted by molar-refractivity contribution is -0.323. The molecule has 0 aromatic heterocycles. The van der Waals surface area contributed by atoms with Gasteiger partial charge >= 0.3 is 5.97 Å². The van der Waals surface area contributed by atoms with Crippen molar-refractivity contribution in [2.75, 3.05) is 46.4 Å². The van der Waals surface area contributed by atoms with Crippen LogP contribution in [0.3, 0.4) is 0 Å². The number of fused-ring (bicyclic) bond motifs is 2. The maximum atomic E-state index is 14.3. The molecule has 4 saturated heterocycles. The highest BCUT2D eigenvalue weighted by Crippen LogP contribution is 2.39. The summed E-state index contributed by atoms with van der Waals surface area (Å²) in [6, 6.07) is -1.34. The molecule has 472 valence electrons. The van der Waals surface area contributed by atoms with Gasteiger partial charge in [-0.05, 0) is 40.2 Å². The average Bonchev–Trinajstić information content (AvgIpc) is 3.17. The lowest BCUT2D eigenvalue weighted by atomic mass is 9.82. The van der Waals surface area contributed by atoms with Crippen molar-refractivity contribution >= 4 is 11.9 Å². The van der Waals surface area contributed by atoms with E-state index in [0.717, 1.165) is 0 Å². The summed E-state index contributed by atoms with van der Waals surface area (Å²) in [5.74, 6) is -8.41. The fourth-order valence-electron chi connectivity index (χ4n) is 10.7. The number of rotatable bonds is 7. The molecule has 0 radical (unpaired) electrons. The number of amides is 1. The molecule has 0 aromatic carbocycles. The number of ether oxygens (including phenoxy) is 5. The maximum Gasteiger partial charge on any atom is 0.308 e. The summed E-state index contributed by atoms with van der Waals surface area (Å²) in [4.78, 5) is 29.1. The number of nitrogens with one attached hydrogen (secondary N) is 2. The molecule has 0 aromatic rings. The smallest absolute Gasteiger partial charge is 0.308 e. The molecule has 25 heteroatoms. The number of allylic oxidation sites excluding steroid dienone is 12. The summed E-state index contributed by atoms with van der Waals surface area (Å²) in [7, 11) is 1.93. The van der Waals surface area contributed by atoms with Gasteiger partial charge in [0.05, 0.1) is 98.7 Å². The number of hydrogen-bond acceptors (Lipinski definition) is 24. The molecule has 23 atom stereocenters. The van der Waals surface area contributed by atoms with Gasteiger partial charge in [-0.1, -0.05) is 98.9 Å². The van der Waals surface area contributed by atoms with Crippen LogP contribution in [-0.2, 0) is 33.3 Å². The lowest BCUT2D eigenvalue weighted by Gasteiger charge is -2.47. The van der Waals surface area contributed by atoms with Crippen molar-refractivity contribution < 1.29 is 105 Å². The highest BCUT2D eigenvalue weighted by Gasteiger charge is 2.53. The van der Waals surface area contributed by atoms with Gasteiger partial charge in [-0.25, -0.2) is 5.01 Å². The van der Waals surface area contributed by atoms with E-state index in [0.29, 0.717) is 26.2 Å². The molecule has 5 aliphatic rings. The number of aliphatic hydroxyl groups excluding tert-OH is 12. The molecule has 0 spiro atoms. The van der Waals surface area contributed by atoms with Crippen molar-refractivity contribution in [3.8, 4) is 0 Å². The number of carbonyl (C=O) groups excluding carboxylic acids is 2. The molecule has 25 nitrogen and oxygen atoms in total. The zero-order valence-electron chi connectivity index (χ0n) is 48.1. The van der Waals surface area contributed by atoms with Crippen molar-refractivity contribution in [3.63, 3.8) is 0 Å². The summed E-state index contributed by atoms with van der Waals surface area (Å²) >= 11 is 0. The van der Waals surface area contributed by atoms with Gasteiger partial charge in [-0.2, -0.15) is 0 Å². The first kappa shape index (κ1) is 70.0. The number of aliphatic hydroxyl groups is 14. The Morgan fingerprint density at radius 2 is 1.25 bits per heavy atom. The van der Waals surface area contributed by atoms with E-state index in [4.69, 9.17) is 23.7 Å². The Bertz CT molecular complexity index is 2200. The van der Waals surface area contributed by atoms with E-state index in [-0.39, 0.29) is 31.6 Å². The van der Waals surface area contributed by atoms with Crippen molar-refractivity contribution in [3.05, 3.63) is 85.1 Å². The van der Waals surface area contributed by atoms with E-state index in [9.17, 15) is 81.1 Å². The summed E-state index contributed by atoms with van der Waals surface area (Å²) < 4.78 is 29.5. The third kappa shape index (κ3) is 21.6. The number of hydrogen-bond donors (Lipinski definition) is 16. The number of piperazine rings is 1. The number of esters is 1. The molecule has 16 N–H and O–H groups in total. The quantitative estimate of drug-likeness (QED) is 0.116. The van der Waals surface area contributed by atoms with Gasteiger partial charge in [-0.15, -0.1) is 0 Å². The van der Waals surface area contributed by atoms with Crippen LogP contribution in [0.5, 0.6) is 0 Å². The molecular formula is C58H94N4O21. The summed E-state index contributed by atoms with van der Waals surface area (Å²) in [5.41, 5.74) is 2.86. The van der Waals surface area contributed by atoms with Crippen molar-refractivity contribution in [2.24, 2.45) is 17.8 Å². The van der Waals surface area contributed by atoms with Crippen LogP contribution >= 0.6 is 0 Å². The Hall–Kier alpha value is -3.72. The van der Waals surface area contributed by atoms with Gasteiger partial charge < -0.3 is 105 Å². The second kappa shape index (κ2) is 33.4. The van der Waals surface area contributed by atoms with Crippen LogP contribution in [0.1, 0.15) is 79.1 Å². The summed E-state index contributed by atoms with van der Waals surface area (Å²) in [5, 5.41) is 159. The molecule has 5 aliphatic heterocycles. The molecule has 0 saturated carbocycles.